The first-order chi connectivity index (χ1) is 15.2. The molecular formula is C22H29N3O6S. The highest BCUT2D eigenvalue weighted by molar-refractivity contribution is 7.89. The smallest absolute Gasteiger partial charge is 0.269 e. The van der Waals surface area contributed by atoms with E-state index in [0.717, 1.165) is 22.7 Å². The molecule has 0 saturated heterocycles. The van der Waals surface area contributed by atoms with E-state index in [-0.39, 0.29) is 10.5 Å². The zero-order valence-electron chi connectivity index (χ0n) is 18.7. The van der Waals surface area contributed by atoms with E-state index in [9.17, 15) is 18.0 Å². The van der Waals surface area contributed by atoms with Crippen molar-refractivity contribution in [2.45, 2.75) is 31.6 Å². The van der Waals surface area contributed by atoms with Crippen LogP contribution in [-0.2, 0) is 14.8 Å². The number of unbranched alkanes of at least 4 members (excludes halogenated alkanes) is 1. The number of likely N-dealkylation sites (N-methyl/N-ethyl adjacent to an activating group) is 1. The summed E-state index contributed by atoms with van der Waals surface area (Å²) in [6.07, 6.45) is 1.88. The first-order valence-electron chi connectivity index (χ1n) is 10.1. The summed E-state index contributed by atoms with van der Waals surface area (Å²) in [6, 6.07) is 11.0. The minimum atomic E-state index is -3.84. The molecule has 0 aliphatic carbocycles. The number of benzene rings is 2. The van der Waals surface area contributed by atoms with Gasteiger partial charge >= 0.3 is 0 Å². The minimum absolute atomic E-state index is 0.0794. The third kappa shape index (κ3) is 6.69. The van der Waals surface area contributed by atoms with Gasteiger partial charge in [0.25, 0.3) is 11.8 Å². The predicted octanol–water partition coefficient (Wildman–Crippen LogP) is 2.26. The van der Waals surface area contributed by atoms with Crippen molar-refractivity contribution in [2.75, 3.05) is 27.3 Å². The number of hydrogen-bond donors (Lipinski definition) is 2. The summed E-state index contributed by atoms with van der Waals surface area (Å²) in [5.41, 5.74) is 5.65. The summed E-state index contributed by atoms with van der Waals surface area (Å²) in [7, 11) is -1.08. The maximum absolute atomic E-state index is 12.6. The van der Waals surface area contributed by atoms with Gasteiger partial charge in [0.15, 0.2) is 11.5 Å². The van der Waals surface area contributed by atoms with Crippen molar-refractivity contribution in [3.05, 3.63) is 53.6 Å². The molecule has 0 aliphatic heterocycles. The molecule has 0 saturated carbocycles. The summed E-state index contributed by atoms with van der Waals surface area (Å²) >= 11 is 0. The number of rotatable bonds is 10. The summed E-state index contributed by atoms with van der Waals surface area (Å²) in [5.74, 6) is -0.364. The minimum Gasteiger partial charge on any atom is -0.493 e. The molecule has 0 bridgehead atoms. The number of nitrogens with zero attached hydrogens (tertiary/aromatic N) is 1. The van der Waals surface area contributed by atoms with Gasteiger partial charge in [-0.05, 0) is 43.7 Å². The molecule has 0 atom stereocenters. The maximum Gasteiger partial charge on any atom is 0.269 e. The van der Waals surface area contributed by atoms with Gasteiger partial charge < -0.3 is 9.47 Å². The number of carbonyl (C=O) groups excluding carboxylic acids is 2. The SMILES string of the molecule is CCCCOc1ccc(C(=O)NNC(=O)CN(C)S(=O)(=O)c2ccc(C)cc2)cc1OC. The lowest BCUT2D eigenvalue weighted by Crippen LogP contribution is -2.46. The molecule has 0 aliphatic rings. The summed E-state index contributed by atoms with van der Waals surface area (Å²) in [4.78, 5) is 24.6. The highest BCUT2D eigenvalue weighted by Gasteiger charge is 2.23. The largest absolute Gasteiger partial charge is 0.493 e. The fourth-order valence-corrected chi connectivity index (χ4v) is 3.80. The van der Waals surface area contributed by atoms with Crippen LogP contribution in [0.3, 0.4) is 0 Å². The highest BCUT2D eigenvalue weighted by Crippen LogP contribution is 2.28. The number of methoxy groups -OCH3 is 1. The Balaban J connectivity index is 1.94. The maximum atomic E-state index is 12.6. The number of amides is 2. The van der Waals surface area contributed by atoms with Crippen LogP contribution in [-0.4, -0.2) is 51.8 Å². The molecule has 2 N–H and O–H groups in total. The van der Waals surface area contributed by atoms with Crippen molar-refractivity contribution >= 4 is 21.8 Å². The zero-order valence-corrected chi connectivity index (χ0v) is 19.5. The highest BCUT2D eigenvalue weighted by atomic mass is 32.2. The lowest BCUT2D eigenvalue weighted by atomic mass is 10.2. The number of carbonyl (C=O) groups is 2. The zero-order chi connectivity index (χ0) is 23.7. The number of sulfonamides is 1. The first-order valence-corrected chi connectivity index (χ1v) is 11.6. The van der Waals surface area contributed by atoms with Crippen LogP contribution in [0.15, 0.2) is 47.4 Å². The van der Waals surface area contributed by atoms with Crippen LogP contribution in [0, 0.1) is 6.92 Å². The van der Waals surface area contributed by atoms with E-state index in [0.29, 0.717) is 18.1 Å². The van der Waals surface area contributed by atoms with E-state index < -0.39 is 28.4 Å². The molecule has 2 aromatic carbocycles. The van der Waals surface area contributed by atoms with Crippen LogP contribution < -0.4 is 20.3 Å². The molecule has 2 amide bonds. The number of aryl methyl sites for hydroxylation is 1. The Morgan fingerprint density at radius 1 is 1.03 bits per heavy atom. The van der Waals surface area contributed by atoms with Crippen molar-refractivity contribution in [1.29, 1.82) is 0 Å². The molecule has 174 valence electrons. The molecule has 32 heavy (non-hydrogen) atoms. The molecule has 2 aromatic rings. The number of hydrazine groups is 1. The van der Waals surface area contributed by atoms with Gasteiger partial charge in [0.2, 0.25) is 10.0 Å². The molecule has 0 fully saturated rings. The molecule has 0 spiro atoms. The summed E-state index contributed by atoms with van der Waals surface area (Å²) in [6.45, 7) is 3.97. The Labute approximate surface area is 188 Å². The Kier molecular flexibility index (Phi) is 9.03. The predicted molar refractivity (Wildman–Crippen MR) is 120 cm³/mol. The third-order valence-corrected chi connectivity index (χ3v) is 6.41. The van der Waals surface area contributed by atoms with Gasteiger partial charge in [-0.2, -0.15) is 4.31 Å². The van der Waals surface area contributed by atoms with E-state index in [2.05, 4.69) is 17.8 Å². The van der Waals surface area contributed by atoms with Crippen molar-refractivity contribution in [1.82, 2.24) is 15.2 Å². The molecule has 9 nitrogen and oxygen atoms in total. The quantitative estimate of drug-likeness (QED) is 0.413. The average molecular weight is 464 g/mol. The molecule has 0 radical (unpaired) electrons. The number of hydrogen-bond acceptors (Lipinski definition) is 6. The van der Waals surface area contributed by atoms with Crippen LogP contribution in [0.25, 0.3) is 0 Å². The van der Waals surface area contributed by atoms with Crippen molar-refractivity contribution < 1.29 is 27.5 Å². The Morgan fingerprint density at radius 3 is 2.34 bits per heavy atom. The van der Waals surface area contributed by atoms with Crippen LogP contribution >= 0.6 is 0 Å². The molecule has 0 aromatic heterocycles. The van der Waals surface area contributed by atoms with E-state index in [1.54, 1.807) is 24.3 Å². The van der Waals surface area contributed by atoms with Crippen molar-refractivity contribution in [2.24, 2.45) is 0 Å². The lowest BCUT2D eigenvalue weighted by molar-refractivity contribution is -0.121. The molecule has 0 heterocycles. The standard InChI is InChI=1S/C22H29N3O6S/c1-5-6-13-31-19-12-9-17(14-20(19)30-4)22(27)24-23-21(26)15-25(3)32(28,29)18-10-7-16(2)8-11-18/h7-12,14H,5-6,13,15H2,1-4H3,(H,23,26)(H,24,27). The number of nitrogens with one attached hydrogen (secondary N) is 2. The summed E-state index contributed by atoms with van der Waals surface area (Å²) < 4.78 is 36.9. The van der Waals surface area contributed by atoms with Gasteiger partial charge in [-0.25, -0.2) is 8.42 Å². The summed E-state index contributed by atoms with van der Waals surface area (Å²) in [5, 5.41) is 0. The van der Waals surface area contributed by atoms with Gasteiger partial charge in [-0.15, -0.1) is 0 Å². The fraction of sp³-hybridized carbons (Fsp3) is 0.364. The number of ether oxygens (including phenoxy) is 2. The van der Waals surface area contributed by atoms with Crippen molar-refractivity contribution in [3.63, 3.8) is 0 Å². The monoisotopic (exact) mass is 463 g/mol. The fourth-order valence-electron chi connectivity index (χ4n) is 2.67. The van der Waals surface area contributed by atoms with Gasteiger partial charge in [0.1, 0.15) is 0 Å². The van der Waals surface area contributed by atoms with E-state index in [4.69, 9.17) is 9.47 Å². The second-order valence-corrected chi connectivity index (χ2v) is 9.19. The van der Waals surface area contributed by atoms with Crippen LogP contribution in [0.2, 0.25) is 0 Å². The van der Waals surface area contributed by atoms with Crippen molar-refractivity contribution in [3.8, 4) is 11.5 Å². The van der Waals surface area contributed by atoms with Crippen LogP contribution in [0.5, 0.6) is 11.5 Å². The molecule has 0 unspecified atom stereocenters. The topological polar surface area (TPSA) is 114 Å². The second-order valence-electron chi connectivity index (χ2n) is 7.14. The van der Waals surface area contributed by atoms with E-state index >= 15 is 0 Å². The van der Waals surface area contributed by atoms with Gasteiger partial charge in [-0.3, -0.25) is 20.4 Å². The third-order valence-electron chi connectivity index (χ3n) is 4.59. The Hall–Kier alpha value is -3.11. The molecule has 2 rings (SSSR count). The van der Waals surface area contributed by atoms with Gasteiger partial charge in [-0.1, -0.05) is 31.0 Å². The van der Waals surface area contributed by atoms with Crippen LogP contribution in [0.4, 0.5) is 0 Å². The Morgan fingerprint density at radius 2 is 1.72 bits per heavy atom. The lowest BCUT2D eigenvalue weighted by Gasteiger charge is -2.17. The normalized spacial score (nSPS) is 11.2. The van der Waals surface area contributed by atoms with Crippen LogP contribution in [0.1, 0.15) is 35.7 Å². The van der Waals surface area contributed by atoms with E-state index in [1.165, 1.54) is 32.4 Å². The molecular weight excluding hydrogens is 434 g/mol. The Bertz CT molecular complexity index is 1040. The van der Waals surface area contributed by atoms with Gasteiger partial charge in [0, 0.05) is 12.6 Å². The van der Waals surface area contributed by atoms with Gasteiger partial charge in [0.05, 0.1) is 25.2 Å². The first kappa shape index (κ1) is 25.2. The van der Waals surface area contributed by atoms with E-state index in [1.807, 2.05) is 6.92 Å². The molecule has 10 heteroatoms. The average Bonchev–Trinajstić information content (AvgIpc) is 2.78. The second kappa shape index (κ2) is 11.5.